The largest absolute Gasteiger partial charge is 0.298 e. The molecule has 0 radical (unpaired) electrons. The van der Waals surface area contributed by atoms with Crippen LogP contribution in [0.5, 0.6) is 0 Å². The molecule has 0 saturated carbocycles. The summed E-state index contributed by atoms with van der Waals surface area (Å²) < 4.78 is 0. The van der Waals surface area contributed by atoms with Crippen LogP contribution in [0.4, 0.5) is 0 Å². The number of hydrogen-bond donors (Lipinski definition) is 3. The van der Waals surface area contributed by atoms with Crippen LogP contribution >= 0.6 is 23.8 Å². The Bertz CT molecular complexity index is 819. The fourth-order valence-electron chi connectivity index (χ4n) is 1.86. The van der Waals surface area contributed by atoms with E-state index in [1.54, 1.807) is 30.3 Å². The fourth-order valence-corrected chi connectivity index (χ4v) is 2.23. The number of rotatable bonds is 3. The van der Waals surface area contributed by atoms with E-state index in [0.29, 0.717) is 10.6 Å². The van der Waals surface area contributed by atoms with Gasteiger partial charge in [0.15, 0.2) is 5.11 Å². The van der Waals surface area contributed by atoms with Crippen molar-refractivity contribution in [1.29, 1.82) is 0 Å². The van der Waals surface area contributed by atoms with Gasteiger partial charge in [-0.2, -0.15) is 0 Å². The number of amides is 2. The predicted octanol–water partition coefficient (Wildman–Crippen LogP) is 3.00. The summed E-state index contributed by atoms with van der Waals surface area (Å²) in [4.78, 5) is 23.8. The Morgan fingerprint density at radius 3 is 2.40 bits per heavy atom. The molecule has 0 spiro atoms. The molecule has 2 aromatic rings. The summed E-state index contributed by atoms with van der Waals surface area (Å²) >= 11 is 10.9. The molecule has 0 bridgehead atoms. The molecule has 0 aliphatic carbocycles. The molecule has 0 aliphatic heterocycles. The number of hydrogen-bond acceptors (Lipinski definition) is 3. The maximum atomic E-state index is 11.9. The third-order valence-electron chi connectivity index (χ3n) is 3.15. The molecule has 128 valence electrons. The van der Waals surface area contributed by atoms with Crippen LogP contribution in [0.3, 0.4) is 0 Å². The molecule has 0 saturated heterocycles. The van der Waals surface area contributed by atoms with Crippen molar-refractivity contribution in [2.24, 2.45) is 0 Å². The molecule has 0 unspecified atom stereocenters. The lowest BCUT2D eigenvalue weighted by atomic mass is 10.1. The molecule has 0 atom stereocenters. The predicted molar refractivity (Wildman–Crippen MR) is 103 cm³/mol. The monoisotopic (exact) mass is 373 g/mol. The summed E-state index contributed by atoms with van der Waals surface area (Å²) in [5, 5.41) is 2.72. The van der Waals surface area contributed by atoms with E-state index in [2.05, 4.69) is 16.2 Å². The molecule has 0 heterocycles. The molecule has 2 rings (SSSR count). The van der Waals surface area contributed by atoms with E-state index in [0.717, 1.165) is 11.1 Å². The zero-order chi connectivity index (χ0) is 18.2. The SMILES string of the molecule is Cc1ccc(C=CC(=O)NC(=S)NNC(=O)c2ccccc2Cl)cc1. The summed E-state index contributed by atoms with van der Waals surface area (Å²) in [7, 11) is 0. The minimum atomic E-state index is -0.461. The Morgan fingerprint density at radius 1 is 1.04 bits per heavy atom. The van der Waals surface area contributed by atoms with Crippen LogP contribution < -0.4 is 16.2 Å². The van der Waals surface area contributed by atoms with Crippen LogP contribution in [0.15, 0.2) is 54.6 Å². The van der Waals surface area contributed by atoms with Crippen molar-refractivity contribution >= 4 is 46.8 Å². The Balaban J connectivity index is 1.81. The number of benzene rings is 2. The second kappa shape index (κ2) is 8.96. The summed E-state index contributed by atoms with van der Waals surface area (Å²) in [5.41, 5.74) is 7.16. The maximum Gasteiger partial charge on any atom is 0.271 e. The van der Waals surface area contributed by atoms with Crippen LogP contribution in [0.2, 0.25) is 5.02 Å². The lowest BCUT2D eigenvalue weighted by Gasteiger charge is -2.10. The van der Waals surface area contributed by atoms with Gasteiger partial charge in [0.05, 0.1) is 10.6 Å². The van der Waals surface area contributed by atoms with Gasteiger partial charge in [-0.15, -0.1) is 0 Å². The summed E-state index contributed by atoms with van der Waals surface area (Å²) in [5.74, 6) is -0.873. The van der Waals surface area contributed by atoms with E-state index in [1.165, 1.54) is 6.08 Å². The van der Waals surface area contributed by atoms with E-state index in [-0.39, 0.29) is 5.11 Å². The van der Waals surface area contributed by atoms with Gasteiger partial charge >= 0.3 is 0 Å². The molecule has 3 N–H and O–H groups in total. The van der Waals surface area contributed by atoms with Crippen molar-refractivity contribution in [3.05, 3.63) is 76.3 Å². The van der Waals surface area contributed by atoms with Gasteiger partial charge in [0, 0.05) is 6.08 Å². The minimum absolute atomic E-state index is 0.0287. The second-order valence-corrected chi connectivity index (χ2v) is 5.94. The molecule has 0 fully saturated rings. The Hall–Kier alpha value is -2.70. The fraction of sp³-hybridized carbons (Fsp3) is 0.0556. The Labute approximate surface area is 156 Å². The highest BCUT2D eigenvalue weighted by molar-refractivity contribution is 7.80. The first-order valence-corrected chi connectivity index (χ1v) is 8.15. The quantitative estimate of drug-likeness (QED) is 0.439. The lowest BCUT2D eigenvalue weighted by molar-refractivity contribution is -0.115. The Kier molecular flexibility index (Phi) is 6.68. The Morgan fingerprint density at radius 2 is 1.72 bits per heavy atom. The average molecular weight is 374 g/mol. The zero-order valence-corrected chi connectivity index (χ0v) is 14.9. The van der Waals surface area contributed by atoms with Crippen molar-refractivity contribution in [2.45, 2.75) is 6.92 Å². The number of carbonyl (C=O) groups excluding carboxylic acids is 2. The normalized spacial score (nSPS) is 10.3. The first kappa shape index (κ1) is 18.6. The molecule has 5 nitrogen and oxygen atoms in total. The highest BCUT2D eigenvalue weighted by Gasteiger charge is 2.09. The molecule has 0 aliphatic rings. The number of aryl methyl sites for hydroxylation is 1. The van der Waals surface area contributed by atoms with E-state index in [1.807, 2.05) is 31.2 Å². The van der Waals surface area contributed by atoms with Gasteiger partial charge in [0.2, 0.25) is 5.91 Å². The molecule has 7 heteroatoms. The smallest absolute Gasteiger partial charge is 0.271 e. The standard InChI is InChI=1S/C18H16ClN3O2S/c1-12-6-8-13(9-7-12)10-11-16(23)20-18(25)22-21-17(24)14-4-2-3-5-15(14)19/h2-11H,1H3,(H,21,24)(H2,20,22,23,25). The van der Waals surface area contributed by atoms with Gasteiger partial charge < -0.3 is 0 Å². The van der Waals surface area contributed by atoms with Gasteiger partial charge in [-0.25, -0.2) is 0 Å². The van der Waals surface area contributed by atoms with Crippen molar-refractivity contribution in [3.63, 3.8) is 0 Å². The van der Waals surface area contributed by atoms with Crippen LogP contribution in [-0.4, -0.2) is 16.9 Å². The van der Waals surface area contributed by atoms with Crippen molar-refractivity contribution < 1.29 is 9.59 Å². The van der Waals surface area contributed by atoms with Crippen molar-refractivity contribution in [3.8, 4) is 0 Å². The van der Waals surface area contributed by atoms with Gasteiger partial charge in [-0.05, 0) is 42.9 Å². The van der Waals surface area contributed by atoms with Gasteiger partial charge in [-0.1, -0.05) is 53.6 Å². The summed E-state index contributed by atoms with van der Waals surface area (Å²) in [6.07, 6.45) is 3.02. The van der Waals surface area contributed by atoms with E-state index >= 15 is 0 Å². The lowest BCUT2D eigenvalue weighted by Crippen LogP contribution is -2.48. The number of carbonyl (C=O) groups is 2. The number of hydrazine groups is 1. The first-order chi connectivity index (χ1) is 12.0. The van der Waals surface area contributed by atoms with Gasteiger partial charge in [0.1, 0.15) is 0 Å². The number of thiocarbonyl (C=S) groups is 1. The summed E-state index contributed by atoms with van der Waals surface area (Å²) in [6, 6.07) is 14.3. The van der Waals surface area contributed by atoms with Crippen molar-refractivity contribution in [2.75, 3.05) is 0 Å². The second-order valence-electron chi connectivity index (χ2n) is 5.12. The van der Waals surface area contributed by atoms with E-state index < -0.39 is 11.8 Å². The van der Waals surface area contributed by atoms with Gasteiger partial charge in [0.25, 0.3) is 5.91 Å². The minimum Gasteiger partial charge on any atom is -0.298 e. The third-order valence-corrected chi connectivity index (χ3v) is 3.68. The molecule has 0 aromatic heterocycles. The highest BCUT2D eigenvalue weighted by Crippen LogP contribution is 2.14. The number of nitrogens with one attached hydrogen (secondary N) is 3. The van der Waals surface area contributed by atoms with E-state index in [4.69, 9.17) is 23.8 Å². The summed E-state index contributed by atoms with van der Waals surface area (Å²) in [6.45, 7) is 1.99. The number of halogens is 1. The van der Waals surface area contributed by atoms with Crippen LogP contribution in [0, 0.1) is 6.92 Å². The molecular formula is C18H16ClN3O2S. The topological polar surface area (TPSA) is 70.2 Å². The molecular weight excluding hydrogens is 358 g/mol. The van der Waals surface area contributed by atoms with Crippen LogP contribution in [0.25, 0.3) is 6.08 Å². The van der Waals surface area contributed by atoms with Crippen LogP contribution in [0.1, 0.15) is 21.5 Å². The highest BCUT2D eigenvalue weighted by atomic mass is 35.5. The van der Waals surface area contributed by atoms with Crippen molar-refractivity contribution in [1.82, 2.24) is 16.2 Å². The first-order valence-electron chi connectivity index (χ1n) is 7.36. The third kappa shape index (κ3) is 6.02. The molecule has 2 aromatic carbocycles. The maximum absolute atomic E-state index is 11.9. The van der Waals surface area contributed by atoms with E-state index in [9.17, 15) is 9.59 Å². The zero-order valence-electron chi connectivity index (χ0n) is 13.4. The molecule has 25 heavy (non-hydrogen) atoms. The van der Waals surface area contributed by atoms with Crippen LogP contribution in [-0.2, 0) is 4.79 Å². The van der Waals surface area contributed by atoms with Gasteiger partial charge in [-0.3, -0.25) is 25.8 Å². The molecule has 2 amide bonds. The average Bonchev–Trinajstić information content (AvgIpc) is 2.59.